The Labute approximate surface area is 190 Å². The topological polar surface area (TPSA) is 104 Å². The van der Waals surface area contributed by atoms with Gasteiger partial charge in [0, 0.05) is 29.2 Å². The van der Waals surface area contributed by atoms with Crippen molar-refractivity contribution in [1.82, 2.24) is 15.3 Å². The van der Waals surface area contributed by atoms with E-state index < -0.39 is 0 Å². The van der Waals surface area contributed by atoms with Crippen LogP contribution in [0.5, 0.6) is 0 Å². The second-order valence-corrected chi connectivity index (χ2v) is 8.53. The molecule has 0 spiro atoms. The third-order valence-electron chi connectivity index (χ3n) is 4.55. The SMILES string of the molecule is CNC(=O)c1cccc(NC(=O)CSc2nc3scc(-c4ccc(F)cc4)c3c(=O)[nH]2)c1. The molecule has 2 heterocycles. The third kappa shape index (κ3) is 4.71. The molecule has 0 unspecified atom stereocenters. The van der Waals surface area contributed by atoms with Crippen molar-refractivity contribution in [2.45, 2.75) is 5.16 Å². The number of carbonyl (C=O) groups excluding carboxylic acids is 2. The van der Waals surface area contributed by atoms with E-state index in [9.17, 15) is 18.8 Å². The van der Waals surface area contributed by atoms with Gasteiger partial charge in [0.25, 0.3) is 11.5 Å². The molecule has 10 heteroatoms. The zero-order valence-electron chi connectivity index (χ0n) is 16.8. The zero-order valence-corrected chi connectivity index (χ0v) is 18.4. The van der Waals surface area contributed by atoms with Gasteiger partial charge in [-0.2, -0.15) is 0 Å². The molecule has 2 aromatic heterocycles. The van der Waals surface area contributed by atoms with E-state index in [0.717, 1.165) is 17.3 Å². The van der Waals surface area contributed by atoms with E-state index in [1.54, 1.807) is 41.8 Å². The van der Waals surface area contributed by atoms with Crippen LogP contribution in [0.4, 0.5) is 10.1 Å². The van der Waals surface area contributed by atoms with Gasteiger partial charge in [0.1, 0.15) is 10.6 Å². The predicted molar refractivity (Wildman–Crippen MR) is 125 cm³/mol. The van der Waals surface area contributed by atoms with Crippen molar-refractivity contribution >= 4 is 50.8 Å². The predicted octanol–water partition coefficient (Wildman–Crippen LogP) is 3.88. The highest BCUT2D eigenvalue weighted by atomic mass is 32.2. The fourth-order valence-corrected chi connectivity index (χ4v) is 4.72. The smallest absolute Gasteiger partial charge is 0.260 e. The molecule has 0 fully saturated rings. The van der Waals surface area contributed by atoms with Gasteiger partial charge in [-0.1, -0.05) is 30.0 Å². The van der Waals surface area contributed by atoms with Crippen LogP contribution in [0.25, 0.3) is 21.3 Å². The number of thiophene rings is 1. The minimum Gasteiger partial charge on any atom is -0.355 e. The number of aromatic amines is 1. The first-order valence-corrected chi connectivity index (χ1v) is 11.3. The minimum absolute atomic E-state index is 0.0227. The molecule has 7 nitrogen and oxygen atoms in total. The number of fused-ring (bicyclic) bond motifs is 1. The molecule has 4 rings (SSSR count). The number of H-pyrrole nitrogens is 1. The molecule has 2 aromatic carbocycles. The maximum Gasteiger partial charge on any atom is 0.260 e. The first-order valence-electron chi connectivity index (χ1n) is 9.47. The van der Waals surface area contributed by atoms with E-state index in [2.05, 4.69) is 20.6 Å². The maximum atomic E-state index is 13.2. The van der Waals surface area contributed by atoms with Crippen LogP contribution in [-0.4, -0.2) is 34.6 Å². The van der Waals surface area contributed by atoms with Crippen molar-refractivity contribution < 1.29 is 14.0 Å². The highest BCUT2D eigenvalue weighted by Crippen LogP contribution is 2.31. The molecule has 0 aliphatic heterocycles. The Morgan fingerprint density at radius 1 is 1.19 bits per heavy atom. The summed E-state index contributed by atoms with van der Waals surface area (Å²) in [5, 5.41) is 7.82. The molecule has 4 aromatic rings. The Kier molecular flexibility index (Phi) is 6.33. The number of amides is 2. The van der Waals surface area contributed by atoms with Gasteiger partial charge in [0.05, 0.1) is 11.1 Å². The molecule has 0 radical (unpaired) electrons. The quantitative estimate of drug-likeness (QED) is 0.294. The Bertz CT molecular complexity index is 1370. The zero-order chi connectivity index (χ0) is 22.7. The second-order valence-electron chi connectivity index (χ2n) is 6.70. The number of carbonyl (C=O) groups is 2. The van der Waals surface area contributed by atoms with Gasteiger partial charge in [0.15, 0.2) is 5.16 Å². The first-order chi connectivity index (χ1) is 15.4. The van der Waals surface area contributed by atoms with Crippen LogP contribution < -0.4 is 16.2 Å². The monoisotopic (exact) mass is 468 g/mol. The van der Waals surface area contributed by atoms with Crippen LogP contribution in [0, 0.1) is 5.82 Å². The average molecular weight is 469 g/mol. The summed E-state index contributed by atoms with van der Waals surface area (Å²) >= 11 is 2.41. The lowest BCUT2D eigenvalue weighted by Gasteiger charge is -2.07. The van der Waals surface area contributed by atoms with E-state index in [-0.39, 0.29) is 28.9 Å². The van der Waals surface area contributed by atoms with Crippen LogP contribution in [0.15, 0.2) is 63.9 Å². The van der Waals surface area contributed by atoms with Gasteiger partial charge in [-0.3, -0.25) is 14.4 Å². The van der Waals surface area contributed by atoms with Gasteiger partial charge in [-0.05, 0) is 35.9 Å². The number of hydrogen-bond donors (Lipinski definition) is 3. The highest BCUT2D eigenvalue weighted by molar-refractivity contribution is 7.99. The lowest BCUT2D eigenvalue weighted by molar-refractivity contribution is -0.113. The van der Waals surface area contributed by atoms with Gasteiger partial charge < -0.3 is 15.6 Å². The van der Waals surface area contributed by atoms with Gasteiger partial charge >= 0.3 is 0 Å². The normalized spacial score (nSPS) is 10.8. The molecule has 0 saturated heterocycles. The molecule has 0 aliphatic carbocycles. The molecule has 0 saturated carbocycles. The van der Waals surface area contributed by atoms with E-state index in [0.29, 0.717) is 32.2 Å². The van der Waals surface area contributed by atoms with Crippen molar-refractivity contribution in [2.24, 2.45) is 0 Å². The van der Waals surface area contributed by atoms with Crippen molar-refractivity contribution in [3.63, 3.8) is 0 Å². The molecule has 2 amide bonds. The summed E-state index contributed by atoms with van der Waals surface area (Å²) in [6, 6.07) is 12.5. The molecule has 32 heavy (non-hydrogen) atoms. The number of rotatable bonds is 6. The van der Waals surface area contributed by atoms with Crippen LogP contribution in [-0.2, 0) is 4.79 Å². The van der Waals surface area contributed by atoms with Crippen molar-refractivity contribution in [3.8, 4) is 11.1 Å². The molecule has 0 aliphatic rings. The summed E-state index contributed by atoms with van der Waals surface area (Å²) in [4.78, 5) is 44.4. The molecule has 0 bridgehead atoms. The molecule has 162 valence electrons. The molecule has 0 atom stereocenters. The number of benzene rings is 2. The standard InChI is InChI=1S/C22H17FN4O3S2/c1-24-19(29)13-3-2-4-15(9-13)25-17(28)11-32-22-26-20(30)18-16(10-31-21(18)27-22)12-5-7-14(23)8-6-12/h2-10H,11H2,1H3,(H,24,29)(H,25,28)(H,26,27,30). The van der Waals surface area contributed by atoms with Crippen molar-refractivity contribution in [3.05, 3.63) is 75.6 Å². The van der Waals surface area contributed by atoms with E-state index >= 15 is 0 Å². The van der Waals surface area contributed by atoms with E-state index in [1.807, 2.05) is 0 Å². The van der Waals surface area contributed by atoms with E-state index in [4.69, 9.17) is 0 Å². The third-order valence-corrected chi connectivity index (χ3v) is 6.30. The molecule has 3 N–H and O–H groups in total. The van der Waals surface area contributed by atoms with Crippen LogP contribution in [0.1, 0.15) is 10.4 Å². The number of nitrogens with zero attached hydrogens (tertiary/aromatic N) is 1. The number of aromatic nitrogens is 2. The van der Waals surface area contributed by atoms with Crippen LogP contribution in [0.3, 0.4) is 0 Å². The minimum atomic E-state index is -0.349. The van der Waals surface area contributed by atoms with Gasteiger partial charge in [-0.15, -0.1) is 11.3 Å². The summed E-state index contributed by atoms with van der Waals surface area (Å²) in [6.07, 6.45) is 0. The summed E-state index contributed by atoms with van der Waals surface area (Å²) in [6.45, 7) is 0. The summed E-state index contributed by atoms with van der Waals surface area (Å²) < 4.78 is 13.2. The van der Waals surface area contributed by atoms with Crippen molar-refractivity contribution in [2.75, 3.05) is 18.1 Å². The first kappa shape index (κ1) is 21.7. The average Bonchev–Trinajstić information content (AvgIpc) is 3.22. The number of anilines is 1. The highest BCUT2D eigenvalue weighted by Gasteiger charge is 2.14. The second kappa shape index (κ2) is 9.33. The molecular weight excluding hydrogens is 451 g/mol. The van der Waals surface area contributed by atoms with Crippen LogP contribution >= 0.6 is 23.1 Å². The Balaban J connectivity index is 1.47. The lowest BCUT2D eigenvalue weighted by Crippen LogP contribution is -2.19. The Morgan fingerprint density at radius 3 is 2.72 bits per heavy atom. The fourth-order valence-electron chi connectivity index (χ4n) is 3.05. The molecular formula is C22H17FN4O3S2. The fraction of sp³-hybridized carbons (Fsp3) is 0.0909. The number of halogens is 1. The van der Waals surface area contributed by atoms with Crippen LogP contribution in [0.2, 0.25) is 0 Å². The number of thioether (sulfide) groups is 1. The maximum absolute atomic E-state index is 13.2. The largest absolute Gasteiger partial charge is 0.355 e. The Hall–Kier alpha value is -3.50. The number of hydrogen-bond acceptors (Lipinski definition) is 6. The number of nitrogens with one attached hydrogen (secondary N) is 3. The van der Waals surface area contributed by atoms with E-state index in [1.165, 1.54) is 30.5 Å². The Morgan fingerprint density at radius 2 is 1.97 bits per heavy atom. The van der Waals surface area contributed by atoms with Crippen molar-refractivity contribution in [1.29, 1.82) is 0 Å². The summed E-state index contributed by atoms with van der Waals surface area (Å²) in [7, 11) is 1.53. The summed E-state index contributed by atoms with van der Waals surface area (Å²) in [5.74, 6) is -0.876. The summed E-state index contributed by atoms with van der Waals surface area (Å²) in [5.41, 5.74) is 2.02. The van der Waals surface area contributed by atoms with Gasteiger partial charge in [-0.25, -0.2) is 9.37 Å². The lowest BCUT2D eigenvalue weighted by atomic mass is 10.1. The van der Waals surface area contributed by atoms with Gasteiger partial charge in [0.2, 0.25) is 5.91 Å².